The van der Waals surface area contributed by atoms with Crippen LogP contribution in [0.4, 0.5) is 8.78 Å². The highest BCUT2D eigenvalue weighted by molar-refractivity contribution is 5.76. The molecule has 76 valence electrons. The fraction of sp³-hybridized carbons (Fsp3) is 0.222. The van der Waals surface area contributed by atoms with Crippen LogP contribution in [0.3, 0.4) is 0 Å². The molecule has 0 unspecified atom stereocenters. The van der Waals surface area contributed by atoms with Gasteiger partial charge in [0.2, 0.25) is 5.91 Å². The second-order valence-corrected chi connectivity index (χ2v) is 2.67. The topological polar surface area (TPSA) is 49.3 Å². The Bertz CT molecular complexity index is 342. The van der Waals surface area contributed by atoms with E-state index < -0.39 is 24.1 Å². The molecule has 0 spiro atoms. The van der Waals surface area contributed by atoms with Crippen molar-refractivity contribution in [1.82, 2.24) is 5.32 Å². The highest BCUT2D eigenvalue weighted by Crippen LogP contribution is 2.08. The normalized spacial score (nSPS) is 9.93. The van der Waals surface area contributed by atoms with Crippen LogP contribution in [0.5, 0.6) is 0 Å². The fourth-order valence-corrected chi connectivity index (χ4v) is 0.928. The Morgan fingerprint density at radius 2 is 2.14 bits per heavy atom. The second kappa shape index (κ2) is 4.66. The van der Waals surface area contributed by atoms with Crippen molar-refractivity contribution in [3.8, 4) is 0 Å². The largest absolute Gasteiger partial charge is 0.387 e. The number of nitrogens with one attached hydrogen (secondary N) is 1. The van der Waals surface area contributed by atoms with Gasteiger partial charge in [-0.3, -0.25) is 4.79 Å². The van der Waals surface area contributed by atoms with E-state index >= 15 is 0 Å². The van der Waals surface area contributed by atoms with Gasteiger partial charge in [0.1, 0.15) is 18.2 Å². The number of aliphatic hydroxyl groups excluding tert-OH is 1. The molecule has 0 fully saturated rings. The number of rotatable bonds is 3. The number of hydrogen-bond acceptors (Lipinski definition) is 2. The van der Waals surface area contributed by atoms with Crippen molar-refractivity contribution in [2.24, 2.45) is 0 Å². The van der Waals surface area contributed by atoms with Gasteiger partial charge >= 0.3 is 0 Å². The molecule has 0 aliphatic carbocycles. The van der Waals surface area contributed by atoms with Crippen LogP contribution in [0.1, 0.15) is 5.56 Å². The van der Waals surface area contributed by atoms with E-state index in [0.29, 0.717) is 0 Å². The molecule has 14 heavy (non-hydrogen) atoms. The minimum Gasteiger partial charge on any atom is -0.387 e. The number of carbonyl (C=O) groups is 1. The van der Waals surface area contributed by atoms with E-state index in [2.05, 4.69) is 5.32 Å². The lowest BCUT2D eigenvalue weighted by atomic mass is 10.2. The molecule has 0 atom stereocenters. The monoisotopic (exact) mass is 201 g/mol. The van der Waals surface area contributed by atoms with E-state index in [0.717, 1.165) is 18.2 Å². The maximum atomic E-state index is 12.9. The van der Waals surface area contributed by atoms with Gasteiger partial charge in [0.05, 0.1) is 0 Å². The lowest BCUT2D eigenvalue weighted by Crippen LogP contribution is -2.26. The van der Waals surface area contributed by atoms with Crippen LogP contribution in [0, 0.1) is 11.6 Å². The maximum absolute atomic E-state index is 12.9. The first-order valence-electron chi connectivity index (χ1n) is 3.95. The first kappa shape index (κ1) is 10.6. The summed E-state index contributed by atoms with van der Waals surface area (Å²) in [4.78, 5) is 10.6. The van der Waals surface area contributed by atoms with Crippen LogP contribution in [0.25, 0.3) is 0 Å². The molecule has 0 saturated heterocycles. The highest BCUT2D eigenvalue weighted by Gasteiger charge is 2.05. The van der Waals surface area contributed by atoms with E-state index in [4.69, 9.17) is 5.11 Å². The van der Waals surface area contributed by atoms with Crippen molar-refractivity contribution in [2.75, 3.05) is 6.61 Å². The molecule has 0 aliphatic heterocycles. The molecule has 1 rings (SSSR count). The second-order valence-electron chi connectivity index (χ2n) is 2.67. The number of carbonyl (C=O) groups excluding carboxylic acids is 1. The predicted molar refractivity (Wildman–Crippen MR) is 45.3 cm³/mol. The third-order valence-electron chi connectivity index (χ3n) is 1.63. The molecular weight excluding hydrogens is 192 g/mol. The summed E-state index contributed by atoms with van der Waals surface area (Å²) in [5.41, 5.74) is 0.0480. The molecule has 5 heteroatoms. The molecule has 1 aromatic carbocycles. The summed E-state index contributed by atoms with van der Waals surface area (Å²) < 4.78 is 25.6. The van der Waals surface area contributed by atoms with E-state index in [1.165, 1.54) is 0 Å². The Morgan fingerprint density at radius 1 is 1.43 bits per heavy atom. The Balaban J connectivity index is 2.66. The lowest BCUT2D eigenvalue weighted by molar-refractivity contribution is -0.123. The number of amides is 1. The van der Waals surface area contributed by atoms with Crippen molar-refractivity contribution in [3.05, 3.63) is 35.4 Å². The first-order chi connectivity index (χ1) is 6.63. The molecular formula is C9H9F2NO2. The average Bonchev–Trinajstić information content (AvgIpc) is 2.19. The van der Waals surface area contributed by atoms with Gasteiger partial charge in [-0.1, -0.05) is 0 Å². The Kier molecular flexibility index (Phi) is 3.53. The van der Waals surface area contributed by atoms with Gasteiger partial charge in [-0.15, -0.1) is 0 Å². The van der Waals surface area contributed by atoms with E-state index in [1.54, 1.807) is 0 Å². The third kappa shape index (κ3) is 2.77. The molecule has 0 aliphatic rings. The molecule has 1 amide bonds. The predicted octanol–water partition coefficient (Wildman–Crippen LogP) is 0.573. The molecule has 0 bridgehead atoms. The Morgan fingerprint density at radius 3 is 2.79 bits per heavy atom. The van der Waals surface area contributed by atoms with Gasteiger partial charge in [0.15, 0.2) is 0 Å². The summed E-state index contributed by atoms with van der Waals surface area (Å²) in [6.45, 7) is -0.806. The van der Waals surface area contributed by atoms with Gasteiger partial charge in [-0.05, 0) is 18.2 Å². The Labute approximate surface area is 79.4 Å². The molecule has 0 saturated carbocycles. The summed E-state index contributed by atoms with van der Waals surface area (Å²) in [5, 5.41) is 10.6. The zero-order valence-corrected chi connectivity index (χ0v) is 7.26. The van der Waals surface area contributed by atoms with Crippen LogP contribution >= 0.6 is 0 Å². The number of aliphatic hydroxyl groups is 1. The summed E-state index contributed by atoms with van der Waals surface area (Å²) in [7, 11) is 0. The first-order valence-corrected chi connectivity index (χ1v) is 3.95. The number of halogens is 2. The Hall–Kier alpha value is -1.49. The standard InChI is InChI=1S/C9H9F2NO2/c10-7-1-2-8(11)6(3-7)4-12-9(14)5-13/h1-3,13H,4-5H2,(H,12,14). The van der Waals surface area contributed by atoms with Crippen LogP contribution in [-0.4, -0.2) is 17.6 Å². The summed E-state index contributed by atoms with van der Waals surface area (Å²) >= 11 is 0. The molecule has 0 aromatic heterocycles. The summed E-state index contributed by atoms with van der Waals surface area (Å²) in [6, 6.07) is 2.97. The van der Waals surface area contributed by atoms with Crippen LogP contribution in [-0.2, 0) is 11.3 Å². The molecule has 1 aromatic rings. The zero-order chi connectivity index (χ0) is 10.6. The minimum absolute atomic E-state index is 0.0480. The quantitative estimate of drug-likeness (QED) is 0.751. The lowest BCUT2D eigenvalue weighted by Gasteiger charge is -2.04. The molecule has 2 N–H and O–H groups in total. The van der Waals surface area contributed by atoms with E-state index in [1.807, 2.05) is 0 Å². The van der Waals surface area contributed by atoms with Gasteiger partial charge < -0.3 is 10.4 Å². The van der Waals surface area contributed by atoms with Crippen LogP contribution in [0.2, 0.25) is 0 Å². The SMILES string of the molecule is O=C(CO)NCc1cc(F)ccc1F. The van der Waals surface area contributed by atoms with Gasteiger partial charge in [-0.25, -0.2) is 8.78 Å². The van der Waals surface area contributed by atoms with E-state index in [9.17, 15) is 13.6 Å². The van der Waals surface area contributed by atoms with Crippen molar-refractivity contribution in [1.29, 1.82) is 0 Å². The van der Waals surface area contributed by atoms with Crippen LogP contribution in [0.15, 0.2) is 18.2 Å². The summed E-state index contributed by atoms with van der Waals surface area (Å²) in [5.74, 6) is -1.79. The number of hydrogen-bond donors (Lipinski definition) is 2. The minimum atomic E-state index is -0.670. The maximum Gasteiger partial charge on any atom is 0.245 e. The van der Waals surface area contributed by atoms with Gasteiger partial charge in [0.25, 0.3) is 0 Å². The van der Waals surface area contributed by atoms with Crippen molar-refractivity contribution < 1.29 is 18.7 Å². The molecule has 0 radical (unpaired) electrons. The molecule has 0 heterocycles. The highest BCUT2D eigenvalue weighted by atomic mass is 19.1. The van der Waals surface area contributed by atoms with Crippen LogP contribution < -0.4 is 5.32 Å². The zero-order valence-electron chi connectivity index (χ0n) is 7.26. The van der Waals surface area contributed by atoms with Gasteiger partial charge in [-0.2, -0.15) is 0 Å². The van der Waals surface area contributed by atoms with Crippen molar-refractivity contribution in [2.45, 2.75) is 6.54 Å². The van der Waals surface area contributed by atoms with Crippen molar-refractivity contribution in [3.63, 3.8) is 0 Å². The van der Waals surface area contributed by atoms with Gasteiger partial charge in [0, 0.05) is 12.1 Å². The molecule has 3 nitrogen and oxygen atoms in total. The smallest absolute Gasteiger partial charge is 0.245 e. The fourth-order valence-electron chi connectivity index (χ4n) is 0.928. The van der Waals surface area contributed by atoms with Crippen molar-refractivity contribution >= 4 is 5.91 Å². The van der Waals surface area contributed by atoms with E-state index in [-0.39, 0.29) is 12.1 Å². The third-order valence-corrected chi connectivity index (χ3v) is 1.63. The number of benzene rings is 1. The average molecular weight is 201 g/mol. The summed E-state index contributed by atoms with van der Waals surface area (Å²) in [6.07, 6.45) is 0.